The lowest BCUT2D eigenvalue weighted by Crippen LogP contribution is -2.45. The Morgan fingerprint density at radius 1 is 1.16 bits per heavy atom. The Labute approximate surface area is 192 Å². The Balaban J connectivity index is 1.38. The predicted molar refractivity (Wildman–Crippen MR) is 131 cm³/mol. The van der Waals surface area contributed by atoms with Crippen LogP contribution in [0.1, 0.15) is 60.7 Å². The van der Waals surface area contributed by atoms with E-state index in [1.54, 1.807) is 6.08 Å². The second kappa shape index (κ2) is 10.3. The van der Waals surface area contributed by atoms with Crippen LogP contribution in [0.4, 0.5) is 5.82 Å². The molecule has 4 rings (SSSR count). The number of anilines is 1. The molecule has 1 N–H and O–H groups in total. The fraction of sp³-hybridized carbons (Fsp3) is 0.538. The molecule has 0 bridgehead atoms. The van der Waals surface area contributed by atoms with E-state index in [1.807, 2.05) is 18.3 Å². The molecule has 0 spiro atoms. The molecule has 1 saturated carbocycles. The van der Waals surface area contributed by atoms with Gasteiger partial charge in [0.25, 0.3) is 0 Å². The number of pyridine rings is 1. The summed E-state index contributed by atoms with van der Waals surface area (Å²) in [6.07, 6.45) is 12.0. The summed E-state index contributed by atoms with van der Waals surface area (Å²) in [6, 6.07) is 6.82. The Bertz CT molecular complexity index is 949. The Kier molecular flexibility index (Phi) is 7.30. The quantitative estimate of drug-likeness (QED) is 0.695. The van der Waals surface area contributed by atoms with Crippen LogP contribution in [0.5, 0.6) is 0 Å². The van der Waals surface area contributed by atoms with Crippen molar-refractivity contribution in [2.75, 3.05) is 38.1 Å². The summed E-state index contributed by atoms with van der Waals surface area (Å²) in [5.41, 5.74) is 4.77. The van der Waals surface area contributed by atoms with E-state index >= 15 is 0 Å². The van der Waals surface area contributed by atoms with Gasteiger partial charge in [0.05, 0.1) is 0 Å². The molecule has 6 heteroatoms. The highest BCUT2D eigenvalue weighted by Crippen LogP contribution is 2.32. The van der Waals surface area contributed by atoms with Gasteiger partial charge in [-0.1, -0.05) is 25.3 Å². The normalized spacial score (nSPS) is 18.4. The van der Waals surface area contributed by atoms with Crippen LogP contribution in [-0.4, -0.2) is 53.6 Å². The maximum Gasteiger partial charge on any atom is 0.244 e. The number of likely N-dealkylation sites (N-methyl/N-ethyl adjacent to an activating group) is 1. The second-order valence-corrected chi connectivity index (χ2v) is 9.32. The molecule has 0 unspecified atom stereocenters. The largest absolute Gasteiger partial charge is 0.354 e. The van der Waals surface area contributed by atoms with Crippen LogP contribution >= 0.6 is 0 Å². The fourth-order valence-corrected chi connectivity index (χ4v) is 5.15. The summed E-state index contributed by atoms with van der Waals surface area (Å²) in [5.74, 6) is 0.918. The fourth-order valence-electron chi connectivity index (χ4n) is 5.15. The summed E-state index contributed by atoms with van der Waals surface area (Å²) < 4.78 is 2.48. The zero-order chi connectivity index (χ0) is 22.5. The van der Waals surface area contributed by atoms with E-state index in [1.165, 1.54) is 43.5 Å². The van der Waals surface area contributed by atoms with Gasteiger partial charge in [0.1, 0.15) is 5.82 Å². The van der Waals surface area contributed by atoms with Gasteiger partial charge >= 0.3 is 0 Å². The van der Waals surface area contributed by atoms with Crippen molar-refractivity contribution in [1.29, 1.82) is 0 Å². The van der Waals surface area contributed by atoms with E-state index in [-0.39, 0.29) is 5.91 Å². The van der Waals surface area contributed by atoms with E-state index < -0.39 is 0 Å². The predicted octanol–water partition coefficient (Wildman–Crippen LogP) is 4.09. The third-order valence-corrected chi connectivity index (χ3v) is 7.00. The van der Waals surface area contributed by atoms with Crippen molar-refractivity contribution in [3.05, 3.63) is 53.0 Å². The highest BCUT2D eigenvalue weighted by atomic mass is 16.1. The van der Waals surface area contributed by atoms with Crippen LogP contribution in [0.2, 0.25) is 0 Å². The molecule has 2 fully saturated rings. The van der Waals surface area contributed by atoms with Crippen molar-refractivity contribution >= 4 is 17.8 Å². The number of amides is 1. The van der Waals surface area contributed by atoms with Crippen molar-refractivity contribution in [1.82, 2.24) is 19.8 Å². The molecule has 1 amide bonds. The van der Waals surface area contributed by atoms with Crippen LogP contribution in [0, 0.1) is 13.8 Å². The van der Waals surface area contributed by atoms with Gasteiger partial charge < -0.3 is 19.7 Å². The number of nitrogens with one attached hydrogen (secondary N) is 1. The topological polar surface area (TPSA) is 53.4 Å². The minimum Gasteiger partial charge on any atom is -0.354 e. The maximum absolute atomic E-state index is 12.6. The number of hydrogen-bond donors (Lipinski definition) is 1. The lowest BCUT2D eigenvalue weighted by Gasteiger charge is -2.34. The third kappa shape index (κ3) is 5.23. The van der Waals surface area contributed by atoms with Crippen LogP contribution in [0.25, 0.3) is 6.08 Å². The molecule has 0 radical (unpaired) electrons. The SMILES string of the molecule is Cc1cc(/C=C/C(=O)NCc2cccnc2N2CCN(C)CC2)c(C)n1C1CCCCC1. The minimum absolute atomic E-state index is 0.0688. The molecule has 2 aromatic rings. The number of piperazine rings is 1. The van der Waals surface area contributed by atoms with Crippen molar-refractivity contribution in [2.45, 2.75) is 58.5 Å². The first-order valence-corrected chi connectivity index (χ1v) is 12.0. The third-order valence-electron chi connectivity index (χ3n) is 7.00. The lowest BCUT2D eigenvalue weighted by molar-refractivity contribution is -0.116. The summed E-state index contributed by atoms with van der Waals surface area (Å²) in [5, 5.41) is 3.05. The van der Waals surface area contributed by atoms with Crippen molar-refractivity contribution in [2.24, 2.45) is 0 Å². The van der Waals surface area contributed by atoms with Crippen molar-refractivity contribution in [3.8, 4) is 0 Å². The number of nitrogens with zero attached hydrogens (tertiary/aromatic N) is 4. The van der Waals surface area contributed by atoms with E-state index in [4.69, 9.17) is 0 Å². The molecule has 2 aliphatic rings. The van der Waals surface area contributed by atoms with Gasteiger partial charge in [0.2, 0.25) is 5.91 Å². The van der Waals surface area contributed by atoms with E-state index in [9.17, 15) is 4.79 Å². The summed E-state index contributed by atoms with van der Waals surface area (Å²) in [7, 11) is 2.15. The van der Waals surface area contributed by atoms with Gasteiger partial charge in [-0.25, -0.2) is 4.98 Å². The van der Waals surface area contributed by atoms with Gasteiger partial charge in [-0.05, 0) is 57.5 Å². The molecular weight excluding hydrogens is 398 g/mol. The average molecular weight is 436 g/mol. The zero-order valence-electron chi connectivity index (χ0n) is 19.8. The number of carbonyl (C=O) groups excluding carboxylic acids is 1. The molecule has 2 aromatic heterocycles. The van der Waals surface area contributed by atoms with E-state index in [0.717, 1.165) is 43.1 Å². The molecule has 6 nitrogen and oxygen atoms in total. The molecule has 0 atom stereocenters. The van der Waals surface area contributed by atoms with Gasteiger partial charge in [-0.15, -0.1) is 0 Å². The summed E-state index contributed by atoms with van der Waals surface area (Å²) >= 11 is 0. The molecule has 3 heterocycles. The molecule has 1 aliphatic carbocycles. The molecule has 1 saturated heterocycles. The molecular formula is C26H37N5O. The van der Waals surface area contributed by atoms with Crippen LogP contribution in [-0.2, 0) is 11.3 Å². The lowest BCUT2D eigenvalue weighted by atomic mass is 9.95. The minimum atomic E-state index is -0.0688. The smallest absolute Gasteiger partial charge is 0.244 e. The number of aromatic nitrogens is 2. The van der Waals surface area contributed by atoms with Gasteiger partial charge in [0.15, 0.2) is 0 Å². The molecule has 32 heavy (non-hydrogen) atoms. The summed E-state index contributed by atoms with van der Waals surface area (Å²) in [6.45, 7) is 8.84. The van der Waals surface area contributed by atoms with Crippen molar-refractivity contribution < 1.29 is 4.79 Å². The van der Waals surface area contributed by atoms with Crippen molar-refractivity contribution in [3.63, 3.8) is 0 Å². The highest BCUT2D eigenvalue weighted by molar-refractivity contribution is 5.91. The molecule has 172 valence electrons. The first kappa shape index (κ1) is 22.6. The Morgan fingerprint density at radius 3 is 2.66 bits per heavy atom. The van der Waals surface area contributed by atoms with Crippen LogP contribution in [0.3, 0.4) is 0 Å². The van der Waals surface area contributed by atoms with Crippen LogP contribution < -0.4 is 10.2 Å². The van der Waals surface area contributed by atoms with Crippen LogP contribution in [0.15, 0.2) is 30.5 Å². The number of aryl methyl sites for hydroxylation is 1. The monoisotopic (exact) mass is 435 g/mol. The highest BCUT2D eigenvalue weighted by Gasteiger charge is 2.20. The standard InChI is InChI=1S/C26H37N5O/c1-20-18-22(21(2)31(20)24-9-5-4-6-10-24)11-12-25(32)28-19-23-8-7-13-27-26(23)30-16-14-29(3)15-17-30/h7-8,11-13,18,24H,4-6,9-10,14-17,19H2,1-3H3,(H,28,32)/b12-11+. The van der Waals surface area contributed by atoms with Gasteiger partial charge in [-0.3, -0.25) is 4.79 Å². The van der Waals surface area contributed by atoms with E-state index in [0.29, 0.717) is 12.6 Å². The molecule has 1 aliphatic heterocycles. The maximum atomic E-state index is 12.6. The number of carbonyl (C=O) groups is 1. The van der Waals surface area contributed by atoms with Gasteiger partial charge in [0, 0.05) is 68.0 Å². The summed E-state index contributed by atoms with van der Waals surface area (Å²) in [4.78, 5) is 21.8. The van der Waals surface area contributed by atoms with E-state index in [2.05, 4.69) is 57.7 Å². The van der Waals surface area contributed by atoms with Gasteiger partial charge in [-0.2, -0.15) is 0 Å². The Hall–Kier alpha value is -2.60. The molecule has 0 aromatic carbocycles. The average Bonchev–Trinajstić information content (AvgIpc) is 3.10. The number of rotatable bonds is 6. The Morgan fingerprint density at radius 2 is 1.91 bits per heavy atom. The zero-order valence-corrected chi connectivity index (χ0v) is 19.8. The second-order valence-electron chi connectivity index (χ2n) is 9.32. The first-order chi connectivity index (χ1) is 15.5. The number of hydrogen-bond acceptors (Lipinski definition) is 4. The first-order valence-electron chi connectivity index (χ1n) is 12.0.